The number of rotatable bonds is 1. The molecule has 0 atom stereocenters. The van der Waals surface area contributed by atoms with Crippen molar-refractivity contribution in [3.8, 4) is 0 Å². The van der Waals surface area contributed by atoms with Crippen LogP contribution in [0.4, 0.5) is 16.2 Å². The molecule has 1 N–H and O–H groups in total. The summed E-state index contributed by atoms with van der Waals surface area (Å²) in [4.78, 5) is 13.7. The molecule has 0 heterocycles. The molecule has 1 amide bonds. The van der Waals surface area contributed by atoms with Gasteiger partial charge in [-0.2, -0.15) is 0 Å². The van der Waals surface area contributed by atoms with E-state index in [4.69, 9.17) is 5.39 Å². The van der Waals surface area contributed by atoms with Crippen LogP contribution in [0.25, 0.3) is 4.98 Å². The van der Waals surface area contributed by atoms with E-state index in [-0.39, 0.29) is 0 Å². The van der Waals surface area contributed by atoms with Crippen LogP contribution < -0.4 is 5.32 Å². The third kappa shape index (κ3) is 2.45. The summed E-state index contributed by atoms with van der Waals surface area (Å²) in [5, 5.41) is 10.8. The third-order valence-electron chi connectivity index (χ3n) is 1.41. The second-order valence-corrected chi connectivity index (χ2v) is 2.26. The maximum Gasteiger partial charge on any atom is 0.411 e. The summed E-state index contributed by atoms with van der Waals surface area (Å²) in [6.45, 7) is 0. The molecule has 0 fully saturated rings. The Kier molecular flexibility index (Phi) is 2.82. The van der Waals surface area contributed by atoms with Crippen LogP contribution in [0.5, 0.6) is 0 Å². The standard InChI is InChI=1S/C8H7N3O2/c1-13-8(12)10-6-2-4-7(11-9)5-3-6/h2-5H,1H3/p+1. The van der Waals surface area contributed by atoms with Crippen LogP contribution in [0.2, 0.25) is 0 Å². The lowest BCUT2D eigenvalue weighted by atomic mass is 10.3. The average molecular weight is 178 g/mol. The first-order valence-corrected chi connectivity index (χ1v) is 3.56. The van der Waals surface area contributed by atoms with Crippen LogP contribution in [0.15, 0.2) is 24.3 Å². The van der Waals surface area contributed by atoms with Crippen LogP contribution in [-0.2, 0) is 4.74 Å². The van der Waals surface area contributed by atoms with Crippen LogP contribution >= 0.6 is 0 Å². The second kappa shape index (κ2) is 4.07. The molecule has 0 bridgehead atoms. The van der Waals surface area contributed by atoms with Crippen LogP contribution in [0, 0.1) is 5.39 Å². The van der Waals surface area contributed by atoms with Crippen molar-refractivity contribution in [2.45, 2.75) is 0 Å². The molecule has 5 heteroatoms. The van der Waals surface area contributed by atoms with Crippen molar-refractivity contribution in [3.63, 3.8) is 0 Å². The van der Waals surface area contributed by atoms with Crippen LogP contribution in [-0.4, -0.2) is 13.2 Å². The lowest BCUT2D eigenvalue weighted by Gasteiger charge is -2.00. The Balaban J connectivity index is 2.71. The van der Waals surface area contributed by atoms with Gasteiger partial charge in [0.25, 0.3) is 0 Å². The van der Waals surface area contributed by atoms with E-state index in [1.165, 1.54) is 7.11 Å². The van der Waals surface area contributed by atoms with E-state index in [9.17, 15) is 4.79 Å². The molecule has 0 radical (unpaired) electrons. The smallest absolute Gasteiger partial charge is 0.411 e. The molecule has 0 saturated carbocycles. The summed E-state index contributed by atoms with van der Waals surface area (Å²) < 4.78 is 4.39. The summed E-state index contributed by atoms with van der Waals surface area (Å²) in [7, 11) is 1.28. The van der Waals surface area contributed by atoms with E-state index in [0.29, 0.717) is 11.4 Å². The van der Waals surface area contributed by atoms with Crippen molar-refractivity contribution < 1.29 is 9.53 Å². The first-order chi connectivity index (χ1) is 6.26. The molecule has 66 valence electrons. The first-order valence-electron chi connectivity index (χ1n) is 3.56. The molecule has 0 aliphatic carbocycles. The summed E-state index contributed by atoms with van der Waals surface area (Å²) in [5.41, 5.74) is 1.01. The fraction of sp³-hybridized carbons (Fsp3) is 0.125. The number of ether oxygens (including phenoxy) is 1. The van der Waals surface area contributed by atoms with Gasteiger partial charge in [-0.1, -0.05) is 0 Å². The van der Waals surface area contributed by atoms with E-state index in [0.717, 1.165) is 0 Å². The summed E-state index contributed by atoms with van der Waals surface area (Å²) in [6, 6.07) is 6.33. The van der Waals surface area contributed by atoms with Crippen molar-refractivity contribution >= 4 is 17.5 Å². The minimum Gasteiger partial charge on any atom is -0.453 e. The van der Waals surface area contributed by atoms with Crippen molar-refractivity contribution in [1.82, 2.24) is 0 Å². The highest BCUT2D eigenvalue weighted by atomic mass is 16.5. The van der Waals surface area contributed by atoms with E-state index in [1.807, 2.05) is 0 Å². The number of nitrogens with one attached hydrogen (secondary N) is 1. The Hall–Kier alpha value is -2.09. The lowest BCUT2D eigenvalue weighted by molar-refractivity contribution is 0.187. The van der Waals surface area contributed by atoms with E-state index >= 15 is 0 Å². The molecule has 0 aliphatic rings. The molecule has 0 aromatic heterocycles. The topological polar surface area (TPSA) is 66.5 Å². The predicted molar refractivity (Wildman–Crippen MR) is 47.2 cm³/mol. The molecule has 0 spiro atoms. The molecule has 0 saturated heterocycles. The van der Waals surface area contributed by atoms with Crippen molar-refractivity contribution in [1.29, 1.82) is 5.39 Å². The molecule has 1 rings (SSSR count). The van der Waals surface area contributed by atoms with Gasteiger partial charge in [0.15, 0.2) is 4.98 Å². The molecule has 0 aliphatic heterocycles. The Morgan fingerprint density at radius 3 is 2.54 bits per heavy atom. The Morgan fingerprint density at radius 2 is 2.08 bits per heavy atom. The Labute approximate surface area is 74.9 Å². The zero-order chi connectivity index (χ0) is 9.68. The fourth-order valence-corrected chi connectivity index (χ4v) is 0.780. The number of benzene rings is 1. The number of methoxy groups -OCH3 is 1. The van der Waals surface area contributed by atoms with Gasteiger partial charge in [-0.3, -0.25) is 5.32 Å². The Morgan fingerprint density at radius 1 is 1.46 bits per heavy atom. The zero-order valence-corrected chi connectivity index (χ0v) is 7.02. The van der Waals surface area contributed by atoms with Gasteiger partial charge in [0, 0.05) is 17.8 Å². The van der Waals surface area contributed by atoms with Gasteiger partial charge in [-0.25, -0.2) is 4.79 Å². The average Bonchev–Trinajstić information content (AvgIpc) is 2.19. The summed E-state index contributed by atoms with van der Waals surface area (Å²) in [6.07, 6.45) is -0.534. The quantitative estimate of drug-likeness (QED) is 0.671. The molecular weight excluding hydrogens is 170 g/mol. The highest BCUT2D eigenvalue weighted by molar-refractivity contribution is 5.84. The van der Waals surface area contributed by atoms with Crippen molar-refractivity contribution in [2.75, 3.05) is 12.4 Å². The number of hydrogen-bond acceptors (Lipinski definition) is 3. The van der Waals surface area contributed by atoms with Gasteiger partial charge in [0.1, 0.15) is 0 Å². The van der Waals surface area contributed by atoms with Gasteiger partial charge in [0.05, 0.1) is 7.11 Å². The highest BCUT2D eigenvalue weighted by Gasteiger charge is 2.04. The number of anilines is 1. The minimum atomic E-state index is -0.534. The highest BCUT2D eigenvalue weighted by Crippen LogP contribution is 2.15. The molecule has 13 heavy (non-hydrogen) atoms. The monoisotopic (exact) mass is 178 g/mol. The predicted octanol–water partition coefficient (Wildman–Crippen LogP) is 2.35. The summed E-state index contributed by atoms with van der Waals surface area (Å²) >= 11 is 0. The van der Waals surface area contributed by atoms with E-state index < -0.39 is 6.09 Å². The SMILES string of the molecule is COC(=O)Nc1ccc([N+]#N)cc1. The van der Waals surface area contributed by atoms with Gasteiger partial charge >= 0.3 is 11.8 Å². The Bertz CT molecular complexity index is 339. The van der Waals surface area contributed by atoms with Gasteiger partial charge in [0.2, 0.25) is 5.39 Å². The molecule has 0 unspecified atom stereocenters. The molecule has 5 nitrogen and oxygen atoms in total. The first kappa shape index (κ1) is 9.00. The number of carbonyl (C=O) groups excluding carboxylic acids is 1. The number of hydrogen-bond donors (Lipinski definition) is 1. The number of amides is 1. The van der Waals surface area contributed by atoms with Crippen molar-refractivity contribution in [2.24, 2.45) is 0 Å². The lowest BCUT2D eigenvalue weighted by Crippen LogP contribution is -2.10. The molecule has 1 aromatic carbocycles. The van der Waals surface area contributed by atoms with Crippen LogP contribution in [0.1, 0.15) is 0 Å². The number of nitrogens with zero attached hydrogens (tertiary/aromatic N) is 2. The van der Waals surface area contributed by atoms with Crippen LogP contribution in [0.3, 0.4) is 0 Å². The number of carbonyl (C=O) groups is 1. The van der Waals surface area contributed by atoms with E-state index in [2.05, 4.69) is 15.0 Å². The maximum absolute atomic E-state index is 10.7. The van der Waals surface area contributed by atoms with Crippen molar-refractivity contribution in [3.05, 3.63) is 29.2 Å². The van der Waals surface area contributed by atoms with E-state index in [1.54, 1.807) is 24.3 Å². The third-order valence-corrected chi connectivity index (χ3v) is 1.41. The molecular formula is C8H8N3O2+. The van der Waals surface area contributed by atoms with Gasteiger partial charge < -0.3 is 4.74 Å². The minimum absolute atomic E-state index is 0.426. The zero-order valence-electron chi connectivity index (χ0n) is 7.02. The second-order valence-electron chi connectivity index (χ2n) is 2.26. The fourth-order valence-electron chi connectivity index (χ4n) is 0.780. The van der Waals surface area contributed by atoms with Gasteiger partial charge in [-0.15, -0.1) is 0 Å². The normalized spacial score (nSPS) is 8.62. The molecule has 1 aromatic rings. The largest absolute Gasteiger partial charge is 0.453 e. The number of diazo groups is 1. The maximum atomic E-state index is 10.7. The summed E-state index contributed by atoms with van der Waals surface area (Å²) in [5.74, 6) is 0. The van der Waals surface area contributed by atoms with Gasteiger partial charge in [-0.05, 0) is 12.1 Å².